The number of sulfone groups is 1. The third kappa shape index (κ3) is 3.82. The van der Waals surface area contributed by atoms with Crippen LogP contribution in [-0.4, -0.2) is 32.0 Å². The number of thiophene rings is 1. The molecule has 1 amide bonds. The van der Waals surface area contributed by atoms with Gasteiger partial charge < -0.3 is 4.90 Å². The second-order valence-corrected chi connectivity index (χ2v) is 9.06. The van der Waals surface area contributed by atoms with E-state index in [-0.39, 0.29) is 17.7 Å². The van der Waals surface area contributed by atoms with Crippen LogP contribution in [0.4, 0.5) is 0 Å². The number of carbonyl (C=O) groups excluding carboxylic acids is 1. The predicted octanol–water partition coefficient (Wildman–Crippen LogP) is 3.27. The maximum Gasteiger partial charge on any atom is 0.254 e. The van der Waals surface area contributed by atoms with Gasteiger partial charge in [-0.05, 0) is 42.0 Å². The smallest absolute Gasteiger partial charge is 0.254 e. The van der Waals surface area contributed by atoms with E-state index >= 15 is 0 Å². The van der Waals surface area contributed by atoms with Crippen molar-refractivity contribution < 1.29 is 13.2 Å². The average Bonchev–Trinajstić information content (AvgIpc) is 3.16. The Kier molecular flexibility index (Phi) is 4.55. The first-order valence-electron chi connectivity index (χ1n) is 7.55. The van der Waals surface area contributed by atoms with Gasteiger partial charge in [0, 0.05) is 23.2 Å². The predicted molar refractivity (Wildman–Crippen MR) is 92.3 cm³/mol. The lowest BCUT2D eigenvalue weighted by Gasteiger charge is -2.24. The van der Waals surface area contributed by atoms with Gasteiger partial charge in [0.15, 0.2) is 9.84 Å². The highest BCUT2D eigenvalue weighted by Gasteiger charge is 2.31. The van der Waals surface area contributed by atoms with E-state index < -0.39 is 9.84 Å². The van der Waals surface area contributed by atoms with Crippen LogP contribution >= 0.6 is 11.3 Å². The maximum atomic E-state index is 12.8. The molecule has 1 atom stereocenters. The van der Waals surface area contributed by atoms with Gasteiger partial charge in [-0.25, -0.2) is 8.42 Å². The molecule has 1 aromatic heterocycles. The Bertz CT molecular complexity index is 780. The fraction of sp³-hybridized carbons (Fsp3) is 0.353. The van der Waals surface area contributed by atoms with Gasteiger partial charge in [0.2, 0.25) is 0 Å². The van der Waals surface area contributed by atoms with E-state index in [4.69, 9.17) is 0 Å². The first kappa shape index (κ1) is 16.2. The molecule has 1 aromatic carbocycles. The largest absolute Gasteiger partial charge is 0.331 e. The number of likely N-dealkylation sites (tertiary alicyclic amines) is 1. The van der Waals surface area contributed by atoms with Crippen LogP contribution in [0.2, 0.25) is 0 Å². The van der Waals surface area contributed by atoms with Crippen molar-refractivity contribution in [3.05, 3.63) is 57.8 Å². The summed E-state index contributed by atoms with van der Waals surface area (Å²) in [7, 11) is -3.06. The maximum absolute atomic E-state index is 12.8. The molecule has 4 nitrogen and oxygen atoms in total. The minimum Gasteiger partial charge on any atom is -0.331 e. The van der Waals surface area contributed by atoms with Crippen LogP contribution in [-0.2, 0) is 15.6 Å². The molecule has 0 bridgehead atoms. The minimum absolute atomic E-state index is 0.00298. The quantitative estimate of drug-likeness (QED) is 0.851. The Labute approximate surface area is 140 Å². The van der Waals surface area contributed by atoms with Gasteiger partial charge in [-0.15, -0.1) is 11.3 Å². The molecule has 1 saturated heterocycles. The molecular formula is C17H19NO3S2. The Morgan fingerprint density at radius 3 is 2.61 bits per heavy atom. The molecule has 2 aromatic rings. The second-order valence-electron chi connectivity index (χ2n) is 5.94. The van der Waals surface area contributed by atoms with E-state index in [0.717, 1.165) is 19.4 Å². The fourth-order valence-electron chi connectivity index (χ4n) is 3.00. The van der Waals surface area contributed by atoms with Crippen molar-refractivity contribution >= 4 is 27.1 Å². The lowest BCUT2D eigenvalue weighted by atomic mass is 10.1. The zero-order chi connectivity index (χ0) is 16.4. The van der Waals surface area contributed by atoms with Crippen molar-refractivity contribution in [2.45, 2.75) is 24.6 Å². The van der Waals surface area contributed by atoms with Crippen molar-refractivity contribution in [2.24, 2.45) is 0 Å². The fourth-order valence-corrected chi connectivity index (χ4v) is 4.67. The Morgan fingerprint density at radius 2 is 2.00 bits per heavy atom. The Hall–Kier alpha value is -1.66. The van der Waals surface area contributed by atoms with Gasteiger partial charge in [0.1, 0.15) is 0 Å². The second kappa shape index (κ2) is 6.45. The summed E-state index contributed by atoms with van der Waals surface area (Å²) in [5.41, 5.74) is 1.32. The molecule has 2 heterocycles. The molecule has 0 radical (unpaired) electrons. The van der Waals surface area contributed by atoms with Crippen molar-refractivity contribution in [1.82, 2.24) is 4.90 Å². The first-order valence-corrected chi connectivity index (χ1v) is 10.5. The number of hydrogen-bond donors (Lipinski definition) is 0. The third-order valence-corrected chi connectivity index (χ3v) is 5.85. The zero-order valence-electron chi connectivity index (χ0n) is 12.9. The molecule has 0 unspecified atom stereocenters. The highest BCUT2D eigenvalue weighted by atomic mass is 32.2. The molecule has 0 aliphatic carbocycles. The molecule has 0 N–H and O–H groups in total. The van der Waals surface area contributed by atoms with E-state index in [2.05, 4.69) is 6.07 Å². The zero-order valence-corrected chi connectivity index (χ0v) is 14.6. The summed E-state index contributed by atoms with van der Waals surface area (Å²) < 4.78 is 22.7. The number of benzene rings is 1. The molecule has 0 saturated carbocycles. The van der Waals surface area contributed by atoms with Gasteiger partial charge in [-0.1, -0.05) is 18.2 Å². The standard InChI is InChI=1S/C17H19NO3S2/c1-23(20,21)12-13-6-8-14(9-7-13)17(19)18-10-2-4-15(18)16-5-3-11-22-16/h3,5-9,11,15H,2,4,10,12H2,1H3/t15-/m1/s1. The van der Waals surface area contributed by atoms with Gasteiger partial charge >= 0.3 is 0 Å². The molecule has 122 valence electrons. The minimum atomic E-state index is -3.06. The SMILES string of the molecule is CS(=O)(=O)Cc1ccc(C(=O)N2CCC[C@@H]2c2cccs2)cc1. The number of rotatable bonds is 4. The molecular weight excluding hydrogens is 330 g/mol. The molecule has 1 aliphatic heterocycles. The molecule has 3 rings (SSSR count). The van der Waals surface area contributed by atoms with Crippen molar-refractivity contribution in [2.75, 3.05) is 12.8 Å². The van der Waals surface area contributed by atoms with Gasteiger partial charge in [0.25, 0.3) is 5.91 Å². The number of hydrogen-bond acceptors (Lipinski definition) is 4. The molecule has 0 spiro atoms. The van der Waals surface area contributed by atoms with Crippen molar-refractivity contribution in [3.63, 3.8) is 0 Å². The van der Waals surface area contributed by atoms with Crippen LogP contribution in [0.3, 0.4) is 0 Å². The van der Waals surface area contributed by atoms with E-state index in [1.54, 1.807) is 35.6 Å². The summed E-state index contributed by atoms with van der Waals surface area (Å²) in [6.45, 7) is 0.770. The lowest BCUT2D eigenvalue weighted by molar-refractivity contribution is 0.0738. The summed E-state index contributed by atoms with van der Waals surface area (Å²) in [4.78, 5) is 15.9. The van der Waals surface area contributed by atoms with E-state index in [1.807, 2.05) is 16.3 Å². The summed E-state index contributed by atoms with van der Waals surface area (Å²) in [6.07, 6.45) is 3.22. The topological polar surface area (TPSA) is 54.5 Å². The van der Waals surface area contributed by atoms with Crippen molar-refractivity contribution in [1.29, 1.82) is 0 Å². The first-order chi connectivity index (χ1) is 10.9. The highest BCUT2D eigenvalue weighted by Crippen LogP contribution is 2.35. The third-order valence-electron chi connectivity index (χ3n) is 4.02. The van der Waals surface area contributed by atoms with Crippen LogP contribution in [0.5, 0.6) is 0 Å². The van der Waals surface area contributed by atoms with Crippen LogP contribution in [0.15, 0.2) is 41.8 Å². The van der Waals surface area contributed by atoms with Crippen molar-refractivity contribution in [3.8, 4) is 0 Å². The van der Waals surface area contributed by atoms with Crippen LogP contribution < -0.4 is 0 Å². The highest BCUT2D eigenvalue weighted by molar-refractivity contribution is 7.89. The number of carbonyl (C=O) groups is 1. The average molecular weight is 349 g/mol. The summed E-state index contributed by atoms with van der Waals surface area (Å²) in [5, 5.41) is 2.04. The van der Waals surface area contributed by atoms with Crippen LogP contribution in [0, 0.1) is 0 Å². The Morgan fingerprint density at radius 1 is 1.26 bits per heavy atom. The summed E-state index contributed by atoms with van der Waals surface area (Å²) in [5.74, 6) is 0.0232. The van der Waals surface area contributed by atoms with Gasteiger partial charge in [-0.2, -0.15) is 0 Å². The van der Waals surface area contributed by atoms with Gasteiger partial charge in [0.05, 0.1) is 11.8 Å². The molecule has 23 heavy (non-hydrogen) atoms. The number of amides is 1. The summed E-state index contributed by atoms with van der Waals surface area (Å²) >= 11 is 1.68. The lowest BCUT2D eigenvalue weighted by Crippen LogP contribution is -2.30. The molecule has 6 heteroatoms. The van der Waals surface area contributed by atoms with Crippen LogP contribution in [0.1, 0.15) is 39.7 Å². The normalized spacial score (nSPS) is 18.3. The summed E-state index contributed by atoms with van der Waals surface area (Å²) in [6, 6.07) is 11.2. The monoisotopic (exact) mass is 349 g/mol. The molecule has 1 aliphatic rings. The van der Waals surface area contributed by atoms with Gasteiger partial charge in [-0.3, -0.25) is 4.79 Å². The van der Waals surface area contributed by atoms with E-state index in [0.29, 0.717) is 11.1 Å². The number of nitrogens with zero attached hydrogens (tertiary/aromatic N) is 1. The Balaban J connectivity index is 1.77. The van der Waals surface area contributed by atoms with E-state index in [9.17, 15) is 13.2 Å². The van der Waals surface area contributed by atoms with Crippen LogP contribution in [0.25, 0.3) is 0 Å². The van der Waals surface area contributed by atoms with E-state index in [1.165, 1.54) is 11.1 Å². The molecule has 1 fully saturated rings.